The Bertz CT molecular complexity index is 348. The maximum atomic E-state index is 11.9. The molecule has 1 saturated heterocycles. The fourth-order valence-electron chi connectivity index (χ4n) is 1.96. The van der Waals surface area contributed by atoms with Crippen LogP contribution in [-0.2, 0) is 9.59 Å². The van der Waals surface area contributed by atoms with E-state index in [1.54, 1.807) is 4.90 Å². The molecule has 3 N–H and O–H groups in total. The lowest BCUT2D eigenvalue weighted by atomic mass is 10.1. The van der Waals surface area contributed by atoms with Crippen molar-refractivity contribution in [2.75, 3.05) is 33.2 Å². The zero-order chi connectivity index (χ0) is 13.7. The van der Waals surface area contributed by atoms with Crippen molar-refractivity contribution in [1.29, 1.82) is 0 Å². The molecule has 0 spiro atoms. The summed E-state index contributed by atoms with van der Waals surface area (Å²) in [5.74, 6) is -1.14. The van der Waals surface area contributed by atoms with Crippen LogP contribution in [0.3, 0.4) is 0 Å². The first-order valence-corrected chi connectivity index (χ1v) is 6.42. The lowest BCUT2D eigenvalue weighted by Gasteiger charge is -2.38. The molecule has 102 valence electrons. The van der Waals surface area contributed by atoms with E-state index < -0.39 is 11.8 Å². The minimum absolute atomic E-state index is 0.0604. The standard InChI is InChI=1S/C11H20N4O2S/c1-3-8-7-15(5-4-14(8)2)11(17)10(16)13-6-9(12)18/h8H,3-7H2,1-2H3,(H2,12,18)(H,13,16). The molecule has 1 fully saturated rings. The molecule has 0 radical (unpaired) electrons. The quantitative estimate of drug-likeness (QED) is 0.506. The molecule has 1 rings (SSSR count). The summed E-state index contributed by atoms with van der Waals surface area (Å²) in [6.45, 7) is 4.08. The van der Waals surface area contributed by atoms with E-state index in [1.807, 2.05) is 7.05 Å². The number of nitrogens with zero attached hydrogens (tertiary/aromatic N) is 2. The van der Waals surface area contributed by atoms with Crippen molar-refractivity contribution in [3.8, 4) is 0 Å². The van der Waals surface area contributed by atoms with E-state index >= 15 is 0 Å². The third-order valence-electron chi connectivity index (χ3n) is 3.15. The zero-order valence-electron chi connectivity index (χ0n) is 10.8. The van der Waals surface area contributed by atoms with Gasteiger partial charge in [-0.25, -0.2) is 0 Å². The highest BCUT2D eigenvalue weighted by Gasteiger charge is 2.29. The molecule has 6 nitrogen and oxygen atoms in total. The van der Waals surface area contributed by atoms with Gasteiger partial charge in [-0.15, -0.1) is 0 Å². The van der Waals surface area contributed by atoms with Crippen molar-refractivity contribution in [3.63, 3.8) is 0 Å². The third kappa shape index (κ3) is 3.92. The number of carbonyl (C=O) groups excluding carboxylic acids is 2. The van der Waals surface area contributed by atoms with Crippen LogP contribution in [0.4, 0.5) is 0 Å². The number of carbonyl (C=O) groups is 2. The average molecular weight is 272 g/mol. The van der Waals surface area contributed by atoms with Crippen LogP contribution >= 0.6 is 12.2 Å². The van der Waals surface area contributed by atoms with Crippen LogP contribution in [0.2, 0.25) is 0 Å². The van der Waals surface area contributed by atoms with Crippen LogP contribution < -0.4 is 11.1 Å². The van der Waals surface area contributed by atoms with Crippen molar-refractivity contribution >= 4 is 29.0 Å². The molecular weight excluding hydrogens is 252 g/mol. The van der Waals surface area contributed by atoms with Gasteiger partial charge in [0.1, 0.15) is 0 Å². The minimum Gasteiger partial charge on any atom is -0.392 e. The molecular formula is C11H20N4O2S. The molecule has 0 aromatic carbocycles. The predicted octanol–water partition coefficient (Wildman–Crippen LogP) is -1.06. The smallest absolute Gasteiger partial charge is 0.311 e. The molecule has 1 atom stereocenters. The van der Waals surface area contributed by atoms with Crippen LogP contribution in [0.5, 0.6) is 0 Å². The van der Waals surface area contributed by atoms with Gasteiger partial charge in [0, 0.05) is 25.7 Å². The van der Waals surface area contributed by atoms with E-state index in [1.165, 1.54) is 0 Å². The van der Waals surface area contributed by atoms with Crippen LogP contribution in [0.25, 0.3) is 0 Å². The Morgan fingerprint density at radius 3 is 2.67 bits per heavy atom. The number of likely N-dealkylation sites (N-methyl/N-ethyl adjacent to an activating group) is 1. The van der Waals surface area contributed by atoms with E-state index in [9.17, 15) is 9.59 Å². The predicted molar refractivity (Wildman–Crippen MR) is 73.1 cm³/mol. The number of nitrogens with one attached hydrogen (secondary N) is 1. The molecule has 0 aliphatic carbocycles. The largest absolute Gasteiger partial charge is 0.392 e. The summed E-state index contributed by atoms with van der Waals surface area (Å²) in [6.07, 6.45) is 0.953. The summed E-state index contributed by atoms with van der Waals surface area (Å²) in [4.78, 5) is 27.4. The fraction of sp³-hybridized carbons (Fsp3) is 0.727. The monoisotopic (exact) mass is 272 g/mol. The van der Waals surface area contributed by atoms with Gasteiger partial charge in [0.05, 0.1) is 11.5 Å². The summed E-state index contributed by atoms with van der Waals surface area (Å²) in [6, 6.07) is 0.311. The number of nitrogens with two attached hydrogens (primary N) is 1. The van der Waals surface area contributed by atoms with Gasteiger partial charge >= 0.3 is 11.8 Å². The maximum absolute atomic E-state index is 11.9. The summed E-state index contributed by atoms with van der Waals surface area (Å²) in [5, 5.41) is 2.41. The topological polar surface area (TPSA) is 78.7 Å². The van der Waals surface area contributed by atoms with E-state index in [0.717, 1.165) is 13.0 Å². The van der Waals surface area contributed by atoms with Crippen LogP contribution in [-0.4, -0.2) is 65.9 Å². The van der Waals surface area contributed by atoms with Crippen molar-refractivity contribution in [1.82, 2.24) is 15.1 Å². The van der Waals surface area contributed by atoms with Gasteiger partial charge in [0.25, 0.3) is 0 Å². The van der Waals surface area contributed by atoms with Gasteiger partial charge in [-0.05, 0) is 13.5 Å². The highest BCUT2D eigenvalue weighted by molar-refractivity contribution is 7.80. The van der Waals surface area contributed by atoms with E-state index in [-0.39, 0.29) is 11.5 Å². The Labute approximate surface area is 112 Å². The Morgan fingerprint density at radius 2 is 2.11 bits per heavy atom. The van der Waals surface area contributed by atoms with Crippen molar-refractivity contribution < 1.29 is 9.59 Å². The summed E-state index contributed by atoms with van der Waals surface area (Å²) >= 11 is 4.64. The molecule has 0 saturated carbocycles. The lowest BCUT2D eigenvalue weighted by molar-refractivity contribution is -0.147. The number of thiocarbonyl (C=S) groups is 1. The summed E-state index contributed by atoms with van der Waals surface area (Å²) in [5.41, 5.74) is 5.27. The third-order valence-corrected chi connectivity index (χ3v) is 3.30. The fourth-order valence-corrected chi connectivity index (χ4v) is 2.03. The first-order valence-electron chi connectivity index (χ1n) is 6.01. The molecule has 0 aromatic rings. The first kappa shape index (κ1) is 14.8. The molecule has 18 heavy (non-hydrogen) atoms. The highest BCUT2D eigenvalue weighted by Crippen LogP contribution is 2.10. The number of hydrogen-bond acceptors (Lipinski definition) is 4. The first-order chi connectivity index (χ1) is 8.45. The highest BCUT2D eigenvalue weighted by atomic mass is 32.1. The molecule has 2 amide bonds. The summed E-state index contributed by atoms with van der Waals surface area (Å²) < 4.78 is 0. The summed E-state index contributed by atoms with van der Waals surface area (Å²) in [7, 11) is 2.03. The number of amides is 2. The van der Waals surface area contributed by atoms with Gasteiger partial charge in [-0.2, -0.15) is 0 Å². The van der Waals surface area contributed by atoms with E-state index in [0.29, 0.717) is 19.1 Å². The molecule has 1 aliphatic rings. The van der Waals surface area contributed by atoms with Crippen molar-refractivity contribution in [2.45, 2.75) is 19.4 Å². The molecule has 1 heterocycles. The Hall–Kier alpha value is -1.21. The second kappa shape index (κ2) is 6.65. The van der Waals surface area contributed by atoms with Crippen molar-refractivity contribution in [3.05, 3.63) is 0 Å². The molecule has 1 aliphatic heterocycles. The van der Waals surface area contributed by atoms with Gasteiger partial charge in [0.2, 0.25) is 0 Å². The molecule has 0 bridgehead atoms. The number of hydrogen-bond donors (Lipinski definition) is 2. The average Bonchev–Trinajstić information content (AvgIpc) is 2.35. The Balaban J connectivity index is 2.51. The van der Waals surface area contributed by atoms with Gasteiger partial charge in [-0.3, -0.25) is 14.5 Å². The molecule has 1 unspecified atom stereocenters. The molecule has 7 heteroatoms. The second-order valence-corrected chi connectivity index (χ2v) is 4.97. The van der Waals surface area contributed by atoms with Crippen molar-refractivity contribution in [2.24, 2.45) is 5.73 Å². The second-order valence-electron chi connectivity index (χ2n) is 4.44. The maximum Gasteiger partial charge on any atom is 0.311 e. The Kier molecular flexibility index (Phi) is 5.49. The number of piperazine rings is 1. The lowest BCUT2D eigenvalue weighted by Crippen LogP contribution is -2.56. The van der Waals surface area contributed by atoms with Crippen LogP contribution in [0.15, 0.2) is 0 Å². The van der Waals surface area contributed by atoms with Crippen LogP contribution in [0.1, 0.15) is 13.3 Å². The van der Waals surface area contributed by atoms with Crippen LogP contribution in [0, 0.1) is 0 Å². The molecule has 0 aromatic heterocycles. The van der Waals surface area contributed by atoms with Gasteiger partial charge in [-0.1, -0.05) is 19.1 Å². The number of rotatable bonds is 3. The normalized spacial score (nSPS) is 20.6. The zero-order valence-corrected chi connectivity index (χ0v) is 11.6. The van der Waals surface area contributed by atoms with E-state index in [2.05, 4.69) is 29.4 Å². The van der Waals surface area contributed by atoms with Gasteiger partial charge in [0.15, 0.2) is 0 Å². The van der Waals surface area contributed by atoms with Gasteiger partial charge < -0.3 is 16.0 Å². The Morgan fingerprint density at radius 1 is 1.44 bits per heavy atom. The SMILES string of the molecule is CCC1CN(C(=O)C(=O)NCC(N)=S)CCN1C. The minimum atomic E-state index is -0.637. The van der Waals surface area contributed by atoms with E-state index in [4.69, 9.17) is 5.73 Å².